The van der Waals surface area contributed by atoms with E-state index in [1.807, 2.05) is 48.5 Å². The molecule has 2 aliphatic heterocycles. The summed E-state index contributed by atoms with van der Waals surface area (Å²) in [5.74, 6) is 0.324. The van der Waals surface area contributed by atoms with E-state index in [0.717, 1.165) is 42.6 Å². The topological polar surface area (TPSA) is 79.0 Å². The maximum atomic E-state index is 12.8. The number of amides is 1. The SMILES string of the molecule is CS(=O)(=O)N1CC(CN2CCCC2)Oc2ccc(NC(=O)Cc3ccc(-c4ccc(Cl)cc4)cc3)cc21. The fourth-order valence-electron chi connectivity index (χ4n) is 4.90. The highest BCUT2D eigenvalue weighted by atomic mass is 35.5. The van der Waals surface area contributed by atoms with E-state index >= 15 is 0 Å². The van der Waals surface area contributed by atoms with Crippen molar-refractivity contribution >= 4 is 38.9 Å². The number of halogens is 1. The third-order valence-electron chi connectivity index (χ3n) is 6.73. The van der Waals surface area contributed by atoms with Crippen LogP contribution in [0.15, 0.2) is 66.7 Å². The summed E-state index contributed by atoms with van der Waals surface area (Å²) >= 11 is 5.97. The summed E-state index contributed by atoms with van der Waals surface area (Å²) in [6.07, 6.45) is 3.48. The molecule has 1 amide bonds. The molecule has 1 unspecified atom stereocenters. The number of ether oxygens (including phenoxy) is 1. The van der Waals surface area contributed by atoms with Crippen LogP contribution in [0.5, 0.6) is 5.75 Å². The first-order valence-electron chi connectivity index (χ1n) is 12.4. The number of anilines is 2. The number of carbonyl (C=O) groups is 1. The first-order chi connectivity index (χ1) is 17.7. The first kappa shape index (κ1) is 25.6. The highest BCUT2D eigenvalue weighted by Crippen LogP contribution is 2.37. The van der Waals surface area contributed by atoms with Gasteiger partial charge in [0.15, 0.2) is 0 Å². The summed E-state index contributed by atoms with van der Waals surface area (Å²) in [6.45, 7) is 2.97. The van der Waals surface area contributed by atoms with Crippen molar-refractivity contribution in [3.63, 3.8) is 0 Å². The number of rotatable bonds is 7. The van der Waals surface area contributed by atoms with E-state index in [-0.39, 0.29) is 25.0 Å². The molecule has 0 radical (unpaired) electrons. The maximum Gasteiger partial charge on any atom is 0.232 e. The normalized spacial score (nSPS) is 17.8. The Morgan fingerprint density at radius 3 is 2.30 bits per heavy atom. The van der Waals surface area contributed by atoms with Crippen LogP contribution in [0, 0.1) is 0 Å². The van der Waals surface area contributed by atoms with Gasteiger partial charge in [-0.15, -0.1) is 0 Å². The number of carbonyl (C=O) groups excluding carboxylic acids is 1. The van der Waals surface area contributed by atoms with E-state index in [9.17, 15) is 13.2 Å². The second-order valence-corrected chi connectivity index (χ2v) is 12.0. The number of hydrogen-bond donors (Lipinski definition) is 1. The Balaban J connectivity index is 1.26. The second kappa shape index (κ2) is 10.7. The summed E-state index contributed by atoms with van der Waals surface area (Å²) in [5.41, 5.74) is 3.94. The van der Waals surface area contributed by atoms with Crippen LogP contribution >= 0.6 is 11.6 Å². The fourth-order valence-corrected chi connectivity index (χ4v) is 5.96. The minimum absolute atomic E-state index is 0.186. The van der Waals surface area contributed by atoms with Crippen LogP contribution in [0.2, 0.25) is 5.02 Å². The van der Waals surface area contributed by atoms with Crippen LogP contribution in [0.1, 0.15) is 18.4 Å². The molecule has 1 N–H and O–H groups in total. The molecule has 3 aromatic carbocycles. The largest absolute Gasteiger partial charge is 0.485 e. The van der Waals surface area contributed by atoms with Crippen LogP contribution in [0.3, 0.4) is 0 Å². The molecular formula is C28H30ClN3O4S. The molecule has 2 heterocycles. The van der Waals surface area contributed by atoms with Gasteiger partial charge in [0, 0.05) is 17.3 Å². The first-order valence-corrected chi connectivity index (χ1v) is 14.6. The highest BCUT2D eigenvalue weighted by Gasteiger charge is 2.33. The van der Waals surface area contributed by atoms with Crippen molar-refractivity contribution in [2.24, 2.45) is 0 Å². The van der Waals surface area contributed by atoms with Crippen molar-refractivity contribution in [2.45, 2.75) is 25.4 Å². The highest BCUT2D eigenvalue weighted by molar-refractivity contribution is 7.92. The summed E-state index contributed by atoms with van der Waals surface area (Å²) in [6, 6.07) is 20.6. The zero-order valence-corrected chi connectivity index (χ0v) is 22.3. The average molecular weight is 540 g/mol. The van der Waals surface area contributed by atoms with Crippen molar-refractivity contribution in [1.29, 1.82) is 0 Å². The van der Waals surface area contributed by atoms with Gasteiger partial charge in [-0.05, 0) is 73.0 Å². The Morgan fingerprint density at radius 1 is 1.00 bits per heavy atom. The summed E-state index contributed by atoms with van der Waals surface area (Å²) in [7, 11) is -3.51. The lowest BCUT2D eigenvalue weighted by Gasteiger charge is -2.36. The van der Waals surface area contributed by atoms with Gasteiger partial charge in [-0.2, -0.15) is 0 Å². The zero-order chi connectivity index (χ0) is 26.0. The monoisotopic (exact) mass is 539 g/mol. The molecule has 5 rings (SSSR count). The van der Waals surface area contributed by atoms with Crippen molar-refractivity contribution in [2.75, 3.05) is 42.1 Å². The summed E-state index contributed by atoms with van der Waals surface area (Å²) in [5, 5.41) is 3.58. The molecule has 0 aliphatic carbocycles. The molecule has 1 saturated heterocycles. The summed E-state index contributed by atoms with van der Waals surface area (Å²) in [4.78, 5) is 15.1. The van der Waals surface area contributed by atoms with Crippen molar-refractivity contribution in [3.05, 3.63) is 77.3 Å². The lowest BCUT2D eigenvalue weighted by molar-refractivity contribution is -0.115. The molecule has 1 fully saturated rings. The number of likely N-dealkylation sites (tertiary alicyclic amines) is 1. The molecule has 9 heteroatoms. The van der Waals surface area contributed by atoms with Crippen LogP contribution in [0.25, 0.3) is 11.1 Å². The minimum Gasteiger partial charge on any atom is -0.485 e. The van der Waals surface area contributed by atoms with Crippen LogP contribution in [0.4, 0.5) is 11.4 Å². The minimum atomic E-state index is -3.51. The number of nitrogens with one attached hydrogen (secondary N) is 1. The van der Waals surface area contributed by atoms with Gasteiger partial charge in [0.1, 0.15) is 11.9 Å². The van der Waals surface area contributed by atoms with Gasteiger partial charge in [-0.1, -0.05) is 48.0 Å². The zero-order valence-electron chi connectivity index (χ0n) is 20.7. The standard InChI is InChI=1S/C28H30ClN3O4S/c1-37(34,35)32-19-25(18-31-14-2-3-15-31)36-27-13-12-24(17-26(27)32)30-28(33)16-20-4-6-21(7-5-20)22-8-10-23(29)11-9-22/h4-13,17,25H,2-3,14-16,18-19H2,1H3,(H,30,33). The number of fused-ring (bicyclic) bond motifs is 1. The van der Waals surface area contributed by atoms with E-state index in [4.69, 9.17) is 16.3 Å². The smallest absolute Gasteiger partial charge is 0.232 e. The van der Waals surface area contributed by atoms with E-state index in [0.29, 0.717) is 28.7 Å². The van der Waals surface area contributed by atoms with Gasteiger partial charge in [-0.3, -0.25) is 14.0 Å². The molecule has 0 saturated carbocycles. The number of nitrogens with zero attached hydrogens (tertiary/aromatic N) is 2. The number of benzene rings is 3. The molecule has 194 valence electrons. The molecule has 37 heavy (non-hydrogen) atoms. The summed E-state index contributed by atoms with van der Waals surface area (Å²) < 4.78 is 32.8. The lowest BCUT2D eigenvalue weighted by atomic mass is 10.0. The van der Waals surface area contributed by atoms with Gasteiger partial charge < -0.3 is 10.1 Å². The Morgan fingerprint density at radius 2 is 1.65 bits per heavy atom. The molecule has 7 nitrogen and oxygen atoms in total. The fraction of sp³-hybridized carbons (Fsp3) is 0.321. The third kappa shape index (κ3) is 6.26. The van der Waals surface area contributed by atoms with Gasteiger partial charge in [-0.25, -0.2) is 8.42 Å². The average Bonchev–Trinajstić information content (AvgIpc) is 3.37. The Kier molecular flexibility index (Phi) is 7.42. The van der Waals surface area contributed by atoms with E-state index in [1.165, 1.54) is 10.6 Å². The van der Waals surface area contributed by atoms with E-state index in [2.05, 4.69) is 10.2 Å². The second-order valence-electron chi connectivity index (χ2n) is 9.65. The number of hydrogen-bond acceptors (Lipinski definition) is 5. The Labute approximate surface area is 223 Å². The Bertz CT molecular complexity index is 1370. The van der Waals surface area contributed by atoms with Crippen molar-refractivity contribution in [1.82, 2.24) is 4.90 Å². The van der Waals surface area contributed by atoms with E-state index < -0.39 is 10.0 Å². The van der Waals surface area contributed by atoms with E-state index in [1.54, 1.807) is 18.2 Å². The van der Waals surface area contributed by atoms with Gasteiger partial charge in [0.25, 0.3) is 0 Å². The van der Waals surface area contributed by atoms with Gasteiger partial charge in [0.2, 0.25) is 15.9 Å². The van der Waals surface area contributed by atoms with Crippen molar-refractivity contribution < 1.29 is 17.9 Å². The molecule has 1 atom stereocenters. The molecular weight excluding hydrogens is 510 g/mol. The quantitative estimate of drug-likeness (QED) is 0.466. The molecule has 3 aromatic rings. The maximum absolute atomic E-state index is 12.8. The predicted octanol–water partition coefficient (Wildman–Crippen LogP) is 4.81. The molecule has 0 aromatic heterocycles. The third-order valence-corrected chi connectivity index (χ3v) is 8.13. The van der Waals surface area contributed by atoms with Crippen LogP contribution in [-0.2, 0) is 21.2 Å². The van der Waals surface area contributed by atoms with Gasteiger partial charge >= 0.3 is 0 Å². The molecule has 2 aliphatic rings. The van der Waals surface area contributed by atoms with Crippen LogP contribution < -0.4 is 14.4 Å². The van der Waals surface area contributed by atoms with Crippen molar-refractivity contribution in [3.8, 4) is 16.9 Å². The van der Waals surface area contributed by atoms with Crippen LogP contribution in [-0.4, -0.2) is 57.8 Å². The lowest BCUT2D eigenvalue weighted by Crippen LogP contribution is -2.47. The molecule has 0 bridgehead atoms. The Hall–Kier alpha value is -3.07. The number of sulfonamides is 1. The molecule has 0 spiro atoms. The predicted molar refractivity (Wildman–Crippen MR) is 148 cm³/mol. The van der Waals surface area contributed by atoms with Gasteiger partial charge in [0.05, 0.1) is 24.9 Å².